The van der Waals surface area contributed by atoms with E-state index in [0.29, 0.717) is 21.3 Å². The van der Waals surface area contributed by atoms with E-state index in [2.05, 4.69) is 25.9 Å². The quantitative estimate of drug-likeness (QED) is 0.525. The number of nitro benzene ring substituents is 1. The van der Waals surface area contributed by atoms with Crippen molar-refractivity contribution in [2.24, 2.45) is 0 Å². The lowest BCUT2D eigenvalue weighted by Crippen LogP contribution is -1.89. The Morgan fingerprint density at radius 3 is 2.93 bits per heavy atom. The predicted molar refractivity (Wildman–Crippen MR) is 60.0 cm³/mol. The molecule has 0 fully saturated rings. The van der Waals surface area contributed by atoms with Crippen molar-refractivity contribution >= 4 is 44.3 Å². The first-order valence-corrected chi connectivity index (χ1v) is 5.33. The van der Waals surface area contributed by atoms with Gasteiger partial charge in [0.05, 0.1) is 16.3 Å². The maximum absolute atomic E-state index is 10.8. The molecule has 1 aromatic heterocycles. The number of nitro groups is 1. The number of non-ortho nitro benzene ring substituents is 1. The number of rotatable bonds is 2. The van der Waals surface area contributed by atoms with Crippen LogP contribution in [-0.2, 0) is 5.88 Å². The van der Waals surface area contributed by atoms with Crippen molar-refractivity contribution in [3.8, 4) is 0 Å². The minimum atomic E-state index is -0.466. The fraction of sp³-hybridized carbons (Fsp3) is 0.125. The molecule has 1 N–H and O–H groups in total. The molecule has 0 aliphatic carbocycles. The first-order valence-electron chi connectivity index (χ1n) is 4.00. The second-order valence-electron chi connectivity index (χ2n) is 2.90. The second kappa shape index (κ2) is 3.79. The highest BCUT2D eigenvalue weighted by molar-refractivity contribution is 9.10. The molecular formula is C8H5BrClN3O2. The summed E-state index contributed by atoms with van der Waals surface area (Å²) in [5, 5.41) is 10.8. The number of imidazole rings is 1. The van der Waals surface area contributed by atoms with Crippen molar-refractivity contribution in [1.82, 2.24) is 9.97 Å². The zero-order valence-electron chi connectivity index (χ0n) is 7.33. The first kappa shape index (κ1) is 10.4. The van der Waals surface area contributed by atoms with Gasteiger partial charge in [0.25, 0.3) is 5.69 Å². The van der Waals surface area contributed by atoms with E-state index in [4.69, 9.17) is 11.6 Å². The summed E-state index contributed by atoms with van der Waals surface area (Å²) in [6.07, 6.45) is 0. The van der Waals surface area contributed by atoms with Gasteiger partial charge in [-0.1, -0.05) is 15.9 Å². The van der Waals surface area contributed by atoms with Crippen LogP contribution in [0.15, 0.2) is 16.6 Å². The summed E-state index contributed by atoms with van der Waals surface area (Å²) in [5.41, 5.74) is 0.901. The number of alkyl halides is 1. The average Bonchev–Trinajstić information content (AvgIpc) is 2.58. The number of hydrogen-bond acceptors (Lipinski definition) is 3. The van der Waals surface area contributed by atoms with Gasteiger partial charge >= 0.3 is 0 Å². The van der Waals surface area contributed by atoms with Gasteiger partial charge in [0.1, 0.15) is 5.82 Å². The summed E-state index contributed by atoms with van der Waals surface area (Å²) in [6, 6.07) is 3.15. The number of aromatic amines is 1. The molecule has 1 heterocycles. The van der Waals surface area contributed by atoms with Crippen LogP contribution in [0.2, 0.25) is 0 Å². The van der Waals surface area contributed by atoms with Crippen LogP contribution in [0.4, 0.5) is 5.69 Å². The van der Waals surface area contributed by atoms with Crippen LogP contribution in [0, 0.1) is 10.1 Å². The van der Waals surface area contributed by atoms with E-state index < -0.39 is 4.92 Å². The highest BCUT2D eigenvalue weighted by Gasteiger charge is 2.16. The fourth-order valence-electron chi connectivity index (χ4n) is 1.32. The number of H-pyrrole nitrogens is 1. The number of nitrogens with one attached hydrogen (secondary N) is 1. The number of hydrogen-bond donors (Lipinski definition) is 1. The molecular weight excluding hydrogens is 285 g/mol. The van der Waals surface area contributed by atoms with Crippen molar-refractivity contribution < 1.29 is 4.92 Å². The van der Waals surface area contributed by atoms with Gasteiger partial charge in [-0.2, -0.15) is 0 Å². The Morgan fingerprint density at radius 2 is 2.33 bits per heavy atom. The molecule has 2 rings (SSSR count). The molecule has 0 bridgehead atoms. The summed E-state index contributed by atoms with van der Waals surface area (Å²) in [4.78, 5) is 17.2. The maximum Gasteiger partial charge on any atom is 0.298 e. The molecule has 5 nitrogen and oxygen atoms in total. The largest absolute Gasteiger partial charge is 0.341 e. The van der Waals surface area contributed by atoms with Crippen LogP contribution >= 0.6 is 27.5 Å². The highest BCUT2D eigenvalue weighted by Crippen LogP contribution is 2.28. The van der Waals surface area contributed by atoms with Crippen LogP contribution in [0.3, 0.4) is 0 Å². The summed E-state index contributed by atoms with van der Waals surface area (Å²) >= 11 is 8.79. The van der Waals surface area contributed by atoms with E-state index in [9.17, 15) is 10.1 Å². The van der Waals surface area contributed by atoms with E-state index in [-0.39, 0.29) is 11.6 Å². The number of aromatic nitrogens is 2. The Balaban J connectivity index is 2.77. The van der Waals surface area contributed by atoms with Gasteiger partial charge in [-0.05, 0) is 6.07 Å². The minimum absolute atomic E-state index is 0.0352. The van der Waals surface area contributed by atoms with Gasteiger partial charge in [-0.15, -0.1) is 11.6 Å². The number of halogens is 2. The third-order valence-corrected chi connectivity index (χ3v) is 2.61. The topological polar surface area (TPSA) is 71.8 Å². The van der Waals surface area contributed by atoms with Crippen molar-refractivity contribution in [3.63, 3.8) is 0 Å². The van der Waals surface area contributed by atoms with Crippen molar-refractivity contribution in [2.45, 2.75) is 5.88 Å². The Morgan fingerprint density at radius 1 is 1.60 bits per heavy atom. The monoisotopic (exact) mass is 289 g/mol. The van der Waals surface area contributed by atoms with E-state index in [1.165, 1.54) is 6.07 Å². The fourth-order valence-corrected chi connectivity index (χ4v) is 1.89. The summed E-state index contributed by atoms with van der Waals surface area (Å²) in [5.74, 6) is 0.719. The Hall–Kier alpha value is -1.14. The molecule has 0 radical (unpaired) electrons. The van der Waals surface area contributed by atoms with Gasteiger partial charge in [0.15, 0.2) is 5.52 Å². The zero-order chi connectivity index (χ0) is 11.0. The zero-order valence-corrected chi connectivity index (χ0v) is 9.67. The third-order valence-electron chi connectivity index (χ3n) is 1.90. The standard InChI is InChI=1S/C8H5BrClN3O2/c9-4-1-5-8(6(2-4)13(14)15)12-7(3-10)11-5/h1-2H,3H2,(H,11,12). The lowest BCUT2D eigenvalue weighted by atomic mass is 10.3. The van der Waals surface area contributed by atoms with Gasteiger partial charge < -0.3 is 4.98 Å². The molecule has 0 atom stereocenters. The molecule has 78 valence electrons. The molecule has 0 aliphatic rings. The molecule has 7 heteroatoms. The molecule has 0 saturated heterocycles. The number of nitrogens with zero attached hydrogens (tertiary/aromatic N) is 2. The van der Waals surface area contributed by atoms with E-state index in [1.807, 2.05) is 0 Å². The SMILES string of the molecule is O=[N+]([O-])c1cc(Br)cc2[nH]c(CCl)nc12. The molecule has 0 spiro atoms. The predicted octanol–water partition coefficient (Wildman–Crippen LogP) is 2.97. The average molecular weight is 291 g/mol. The molecule has 0 unspecified atom stereocenters. The van der Waals surface area contributed by atoms with Crippen molar-refractivity contribution in [3.05, 3.63) is 32.5 Å². The van der Waals surface area contributed by atoms with Crippen LogP contribution < -0.4 is 0 Å². The van der Waals surface area contributed by atoms with E-state index in [1.54, 1.807) is 6.07 Å². The maximum atomic E-state index is 10.8. The van der Waals surface area contributed by atoms with Crippen molar-refractivity contribution in [2.75, 3.05) is 0 Å². The first-order chi connectivity index (χ1) is 7.11. The Kier molecular flexibility index (Phi) is 2.62. The van der Waals surface area contributed by atoms with Crippen LogP contribution in [-0.4, -0.2) is 14.9 Å². The highest BCUT2D eigenvalue weighted by atomic mass is 79.9. The molecule has 15 heavy (non-hydrogen) atoms. The summed E-state index contributed by atoms with van der Waals surface area (Å²) < 4.78 is 0.631. The molecule has 0 saturated carbocycles. The van der Waals surface area contributed by atoms with Crippen LogP contribution in [0.1, 0.15) is 5.82 Å². The molecule has 0 amide bonds. The Labute approximate surface area is 97.7 Å². The minimum Gasteiger partial charge on any atom is -0.341 e. The van der Waals surface area contributed by atoms with Crippen LogP contribution in [0.5, 0.6) is 0 Å². The third kappa shape index (κ3) is 1.82. The van der Waals surface area contributed by atoms with E-state index in [0.717, 1.165) is 0 Å². The molecule has 0 aliphatic heterocycles. The smallest absolute Gasteiger partial charge is 0.298 e. The van der Waals surface area contributed by atoms with Gasteiger partial charge in [0.2, 0.25) is 0 Å². The van der Waals surface area contributed by atoms with Gasteiger partial charge in [0, 0.05) is 10.5 Å². The summed E-state index contributed by atoms with van der Waals surface area (Å²) in [7, 11) is 0. The lowest BCUT2D eigenvalue weighted by Gasteiger charge is -1.93. The Bertz CT molecular complexity index is 540. The molecule has 2 aromatic rings. The normalized spacial score (nSPS) is 10.8. The molecule has 1 aromatic carbocycles. The number of benzene rings is 1. The number of fused-ring (bicyclic) bond motifs is 1. The van der Waals surface area contributed by atoms with Gasteiger partial charge in [-0.25, -0.2) is 4.98 Å². The lowest BCUT2D eigenvalue weighted by molar-refractivity contribution is -0.383. The second-order valence-corrected chi connectivity index (χ2v) is 4.08. The van der Waals surface area contributed by atoms with Crippen LogP contribution in [0.25, 0.3) is 11.0 Å². The summed E-state index contributed by atoms with van der Waals surface area (Å²) in [6.45, 7) is 0. The van der Waals surface area contributed by atoms with E-state index >= 15 is 0 Å². The van der Waals surface area contributed by atoms with Crippen molar-refractivity contribution in [1.29, 1.82) is 0 Å². The van der Waals surface area contributed by atoms with Gasteiger partial charge in [-0.3, -0.25) is 10.1 Å².